The van der Waals surface area contributed by atoms with Gasteiger partial charge in [-0.15, -0.1) is 6.42 Å². The summed E-state index contributed by atoms with van der Waals surface area (Å²) in [5.74, 6) is 3.12. The van der Waals surface area contributed by atoms with Crippen LogP contribution in [0.2, 0.25) is 0 Å². The first kappa shape index (κ1) is 15.6. The lowest BCUT2D eigenvalue weighted by molar-refractivity contribution is 0.370. The molecular formula is C18H17NO3S. The Hall–Kier alpha value is -2.29. The van der Waals surface area contributed by atoms with Crippen LogP contribution in [0.25, 0.3) is 11.1 Å². The Morgan fingerprint density at radius 3 is 2.13 bits per heavy atom. The van der Waals surface area contributed by atoms with Gasteiger partial charge in [0.15, 0.2) is 0 Å². The molecule has 0 amide bonds. The Balaban J connectivity index is 1.75. The van der Waals surface area contributed by atoms with E-state index in [4.69, 9.17) is 11.2 Å². The van der Waals surface area contributed by atoms with Gasteiger partial charge in [0.1, 0.15) is 12.4 Å². The van der Waals surface area contributed by atoms with Gasteiger partial charge in [-0.05, 0) is 48.2 Å². The average molecular weight is 327 g/mol. The van der Waals surface area contributed by atoms with Crippen molar-refractivity contribution in [3.05, 3.63) is 48.5 Å². The molecule has 1 aliphatic rings. The standard InChI is InChI=1S/C18H17NO3S/c1-2-13-22-17-9-3-14(4-10-17)15-5-11-18(12-6-15)23(20,21)19-16-7-8-16/h1,3-6,9-12,16,19H,7-8,13H2. The Morgan fingerprint density at radius 1 is 1.04 bits per heavy atom. The van der Waals surface area contributed by atoms with E-state index in [2.05, 4.69) is 10.6 Å². The van der Waals surface area contributed by atoms with Gasteiger partial charge in [-0.3, -0.25) is 0 Å². The molecule has 1 aliphatic carbocycles. The lowest BCUT2D eigenvalue weighted by Crippen LogP contribution is -2.25. The Bertz CT molecular complexity index is 814. The quantitative estimate of drug-likeness (QED) is 0.830. The van der Waals surface area contributed by atoms with E-state index in [9.17, 15) is 8.42 Å². The van der Waals surface area contributed by atoms with Crippen LogP contribution in [0.1, 0.15) is 12.8 Å². The van der Waals surface area contributed by atoms with Crippen molar-refractivity contribution in [2.24, 2.45) is 0 Å². The maximum Gasteiger partial charge on any atom is 0.240 e. The van der Waals surface area contributed by atoms with E-state index in [1.807, 2.05) is 24.3 Å². The molecule has 5 heteroatoms. The third kappa shape index (κ3) is 3.92. The highest BCUT2D eigenvalue weighted by molar-refractivity contribution is 7.89. The summed E-state index contributed by atoms with van der Waals surface area (Å²) >= 11 is 0. The first-order chi connectivity index (χ1) is 11.1. The SMILES string of the molecule is C#CCOc1ccc(-c2ccc(S(=O)(=O)NC3CC3)cc2)cc1. The Morgan fingerprint density at radius 2 is 1.61 bits per heavy atom. The fourth-order valence-corrected chi connectivity index (χ4v) is 3.49. The van der Waals surface area contributed by atoms with E-state index in [0.29, 0.717) is 10.6 Å². The maximum absolute atomic E-state index is 12.1. The molecule has 118 valence electrons. The number of ether oxygens (including phenoxy) is 1. The van der Waals surface area contributed by atoms with Crippen LogP contribution in [0.5, 0.6) is 5.75 Å². The molecule has 1 N–H and O–H groups in total. The van der Waals surface area contributed by atoms with Crippen LogP contribution < -0.4 is 9.46 Å². The van der Waals surface area contributed by atoms with E-state index < -0.39 is 10.0 Å². The normalized spacial score (nSPS) is 14.2. The molecule has 0 aliphatic heterocycles. The van der Waals surface area contributed by atoms with Gasteiger partial charge in [-0.2, -0.15) is 0 Å². The number of terminal acetylenes is 1. The summed E-state index contributed by atoms with van der Waals surface area (Å²) in [5, 5.41) is 0. The van der Waals surface area contributed by atoms with Crippen LogP contribution in [0.3, 0.4) is 0 Å². The van der Waals surface area contributed by atoms with E-state index in [1.165, 1.54) is 0 Å². The third-order valence-corrected chi connectivity index (χ3v) is 5.11. The molecule has 4 nitrogen and oxygen atoms in total. The van der Waals surface area contributed by atoms with Crippen LogP contribution in [-0.2, 0) is 10.0 Å². The van der Waals surface area contributed by atoms with Gasteiger partial charge < -0.3 is 4.74 Å². The zero-order valence-corrected chi connectivity index (χ0v) is 13.3. The molecular weight excluding hydrogens is 310 g/mol. The van der Waals surface area contributed by atoms with Gasteiger partial charge in [0, 0.05) is 6.04 Å². The van der Waals surface area contributed by atoms with Crippen molar-refractivity contribution in [1.82, 2.24) is 4.72 Å². The second-order valence-electron chi connectivity index (χ2n) is 5.44. The molecule has 0 heterocycles. The monoisotopic (exact) mass is 327 g/mol. The minimum absolute atomic E-state index is 0.107. The van der Waals surface area contributed by atoms with E-state index in [-0.39, 0.29) is 12.6 Å². The van der Waals surface area contributed by atoms with Gasteiger partial charge in [0.25, 0.3) is 0 Å². The van der Waals surface area contributed by atoms with E-state index in [1.54, 1.807) is 24.3 Å². The molecule has 0 saturated heterocycles. The molecule has 23 heavy (non-hydrogen) atoms. The number of hydrogen-bond acceptors (Lipinski definition) is 3. The number of hydrogen-bond donors (Lipinski definition) is 1. The van der Waals surface area contributed by atoms with Crippen molar-refractivity contribution >= 4 is 10.0 Å². The molecule has 0 bridgehead atoms. The maximum atomic E-state index is 12.1. The summed E-state index contributed by atoms with van der Waals surface area (Å²) in [6.07, 6.45) is 7.00. The van der Waals surface area contributed by atoms with Crippen molar-refractivity contribution < 1.29 is 13.2 Å². The predicted octanol–water partition coefficient (Wildman–Crippen LogP) is 2.81. The van der Waals surface area contributed by atoms with Gasteiger partial charge >= 0.3 is 0 Å². The van der Waals surface area contributed by atoms with Crippen LogP contribution in [-0.4, -0.2) is 21.1 Å². The molecule has 1 fully saturated rings. The van der Waals surface area contributed by atoms with Crippen molar-refractivity contribution in [3.63, 3.8) is 0 Å². The summed E-state index contributed by atoms with van der Waals surface area (Å²) in [4.78, 5) is 0.294. The zero-order valence-electron chi connectivity index (χ0n) is 12.5. The van der Waals surface area contributed by atoms with Crippen molar-refractivity contribution in [2.45, 2.75) is 23.8 Å². The highest BCUT2D eigenvalue weighted by Gasteiger charge is 2.27. The van der Waals surface area contributed by atoms with Crippen molar-refractivity contribution in [1.29, 1.82) is 0 Å². The minimum Gasteiger partial charge on any atom is -0.481 e. The predicted molar refractivity (Wildman–Crippen MR) is 89.5 cm³/mol. The summed E-state index contributed by atoms with van der Waals surface area (Å²) < 4.78 is 32.3. The molecule has 2 aromatic carbocycles. The van der Waals surface area contributed by atoms with Crippen molar-refractivity contribution in [3.8, 4) is 29.2 Å². The smallest absolute Gasteiger partial charge is 0.240 e. The zero-order chi connectivity index (χ0) is 16.3. The van der Waals surface area contributed by atoms with Gasteiger partial charge in [-0.25, -0.2) is 13.1 Å². The highest BCUT2D eigenvalue weighted by Crippen LogP contribution is 2.25. The summed E-state index contributed by atoms with van der Waals surface area (Å²) in [6.45, 7) is 0.236. The van der Waals surface area contributed by atoms with Crippen LogP contribution in [0.15, 0.2) is 53.4 Å². The molecule has 0 spiro atoms. The molecule has 0 aromatic heterocycles. The molecule has 0 atom stereocenters. The van der Waals surface area contributed by atoms with Gasteiger partial charge in [0.05, 0.1) is 4.90 Å². The molecule has 2 aromatic rings. The average Bonchev–Trinajstić information content (AvgIpc) is 3.37. The topological polar surface area (TPSA) is 55.4 Å². The number of nitrogens with one attached hydrogen (secondary N) is 1. The van der Waals surface area contributed by atoms with E-state index >= 15 is 0 Å². The molecule has 0 radical (unpaired) electrons. The van der Waals surface area contributed by atoms with Gasteiger partial charge in [0.2, 0.25) is 10.0 Å². The number of rotatable bonds is 6. The summed E-state index contributed by atoms with van der Waals surface area (Å²) in [6, 6.07) is 14.5. The summed E-state index contributed by atoms with van der Waals surface area (Å²) in [5.41, 5.74) is 1.93. The Labute approximate surface area is 136 Å². The lowest BCUT2D eigenvalue weighted by atomic mass is 10.1. The molecule has 0 unspecified atom stereocenters. The summed E-state index contributed by atoms with van der Waals surface area (Å²) in [7, 11) is -3.40. The largest absolute Gasteiger partial charge is 0.481 e. The first-order valence-electron chi connectivity index (χ1n) is 7.37. The second kappa shape index (κ2) is 6.45. The fraction of sp³-hybridized carbons (Fsp3) is 0.222. The van der Waals surface area contributed by atoms with Crippen LogP contribution >= 0.6 is 0 Å². The molecule has 1 saturated carbocycles. The van der Waals surface area contributed by atoms with Gasteiger partial charge in [-0.1, -0.05) is 30.2 Å². The van der Waals surface area contributed by atoms with E-state index in [0.717, 1.165) is 24.0 Å². The minimum atomic E-state index is -3.40. The Kier molecular flexibility index (Phi) is 4.37. The number of sulfonamides is 1. The highest BCUT2D eigenvalue weighted by atomic mass is 32.2. The number of benzene rings is 2. The second-order valence-corrected chi connectivity index (χ2v) is 7.15. The first-order valence-corrected chi connectivity index (χ1v) is 8.86. The lowest BCUT2D eigenvalue weighted by Gasteiger charge is -2.08. The van der Waals surface area contributed by atoms with Crippen molar-refractivity contribution in [2.75, 3.05) is 6.61 Å². The van der Waals surface area contributed by atoms with Crippen LogP contribution in [0, 0.1) is 12.3 Å². The fourth-order valence-electron chi connectivity index (χ4n) is 2.18. The molecule has 3 rings (SSSR count). The third-order valence-electron chi connectivity index (χ3n) is 3.57. The van der Waals surface area contributed by atoms with Crippen LogP contribution in [0.4, 0.5) is 0 Å².